The van der Waals surface area contributed by atoms with Crippen molar-refractivity contribution in [1.82, 2.24) is 0 Å². The summed E-state index contributed by atoms with van der Waals surface area (Å²) in [6, 6.07) is 32.4. The monoisotopic (exact) mass is 293 g/mol. The molecule has 1 nitrogen and oxygen atoms in total. The third-order valence-electron chi connectivity index (χ3n) is 4.57. The summed E-state index contributed by atoms with van der Waals surface area (Å²) >= 11 is 0. The lowest BCUT2D eigenvalue weighted by molar-refractivity contribution is 1.28. The minimum atomic E-state index is 1.20. The number of rotatable bonds is 1. The molecule has 1 aliphatic heterocycles. The van der Waals surface area contributed by atoms with Crippen molar-refractivity contribution < 1.29 is 0 Å². The van der Waals surface area contributed by atoms with E-state index >= 15 is 0 Å². The highest BCUT2D eigenvalue weighted by Gasteiger charge is 2.24. The van der Waals surface area contributed by atoms with E-state index in [1.807, 2.05) is 0 Å². The van der Waals surface area contributed by atoms with Gasteiger partial charge in [0.05, 0.1) is 11.4 Å². The Morgan fingerprint density at radius 1 is 0.478 bits per heavy atom. The Hall–Kier alpha value is -3.06. The molecular weight excluding hydrogens is 278 g/mol. The van der Waals surface area contributed by atoms with E-state index < -0.39 is 0 Å². The molecular formula is C22H15N. The maximum absolute atomic E-state index is 2.37. The molecule has 23 heavy (non-hydrogen) atoms. The van der Waals surface area contributed by atoms with Gasteiger partial charge in [-0.05, 0) is 35.2 Å². The van der Waals surface area contributed by atoms with Crippen LogP contribution >= 0.6 is 0 Å². The van der Waals surface area contributed by atoms with Crippen LogP contribution in [-0.2, 0) is 0 Å². The van der Waals surface area contributed by atoms with Gasteiger partial charge in [-0.1, -0.05) is 66.7 Å². The molecule has 0 bridgehead atoms. The number of nitrogens with zero attached hydrogens (tertiary/aromatic N) is 1. The number of fused-ring (bicyclic) bond motifs is 2. The minimum Gasteiger partial charge on any atom is -0.309 e. The second kappa shape index (κ2) is 4.72. The molecule has 0 spiro atoms. The standard InChI is InChI=1S/C22H15N/c1-2-10-17(11-3-1)23-20-14-5-4-12-18(20)19-13-6-8-16-9-7-15-21(23)22(16)19/h1-15H. The molecule has 0 unspecified atom stereocenters. The first-order valence-electron chi connectivity index (χ1n) is 7.90. The molecule has 0 aromatic heterocycles. The summed E-state index contributed by atoms with van der Waals surface area (Å²) in [4.78, 5) is 2.37. The van der Waals surface area contributed by atoms with Gasteiger partial charge >= 0.3 is 0 Å². The zero-order valence-electron chi connectivity index (χ0n) is 12.6. The molecule has 1 heterocycles. The molecule has 0 atom stereocenters. The van der Waals surface area contributed by atoms with Gasteiger partial charge in [0.25, 0.3) is 0 Å². The van der Waals surface area contributed by atoms with Gasteiger partial charge in [0.2, 0.25) is 0 Å². The highest BCUT2D eigenvalue weighted by atomic mass is 15.1. The van der Waals surface area contributed by atoms with Gasteiger partial charge in [-0.25, -0.2) is 0 Å². The molecule has 0 radical (unpaired) electrons. The first-order chi connectivity index (χ1) is 11.4. The van der Waals surface area contributed by atoms with Gasteiger partial charge in [0.1, 0.15) is 0 Å². The van der Waals surface area contributed by atoms with Crippen molar-refractivity contribution in [2.75, 3.05) is 4.90 Å². The Morgan fingerprint density at radius 2 is 1.13 bits per heavy atom. The van der Waals surface area contributed by atoms with Crippen LogP contribution in [0.4, 0.5) is 17.1 Å². The summed E-state index contributed by atoms with van der Waals surface area (Å²) < 4.78 is 0. The molecule has 0 fully saturated rings. The number of anilines is 3. The van der Waals surface area contributed by atoms with Gasteiger partial charge in [0.15, 0.2) is 0 Å². The van der Waals surface area contributed by atoms with Crippen molar-refractivity contribution in [2.24, 2.45) is 0 Å². The molecule has 0 N–H and O–H groups in total. The molecule has 108 valence electrons. The lowest BCUT2D eigenvalue weighted by Crippen LogP contribution is -2.14. The molecule has 0 amide bonds. The van der Waals surface area contributed by atoms with Crippen LogP contribution in [0.5, 0.6) is 0 Å². The van der Waals surface area contributed by atoms with Crippen LogP contribution in [-0.4, -0.2) is 0 Å². The fraction of sp³-hybridized carbons (Fsp3) is 0. The molecule has 1 heteroatoms. The van der Waals surface area contributed by atoms with Gasteiger partial charge < -0.3 is 4.90 Å². The van der Waals surface area contributed by atoms with Crippen LogP contribution in [0.1, 0.15) is 0 Å². The quantitative estimate of drug-likeness (QED) is 0.351. The molecule has 1 aliphatic rings. The topological polar surface area (TPSA) is 3.24 Å². The number of hydrogen-bond donors (Lipinski definition) is 0. The van der Waals surface area contributed by atoms with Crippen molar-refractivity contribution in [3.8, 4) is 11.1 Å². The zero-order chi connectivity index (χ0) is 15.2. The normalized spacial score (nSPS) is 12.3. The van der Waals surface area contributed by atoms with Gasteiger partial charge in [0, 0.05) is 16.6 Å². The number of benzene rings is 4. The van der Waals surface area contributed by atoms with Gasteiger partial charge in [-0.3, -0.25) is 0 Å². The van der Waals surface area contributed by atoms with Crippen LogP contribution < -0.4 is 4.90 Å². The lowest BCUT2D eigenvalue weighted by atomic mass is 9.91. The smallest absolute Gasteiger partial charge is 0.0546 e. The van der Waals surface area contributed by atoms with Crippen molar-refractivity contribution in [3.63, 3.8) is 0 Å². The fourth-order valence-electron chi connectivity index (χ4n) is 3.61. The van der Waals surface area contributed by atoms with Crippen LogP contribution in [0.25, 0.3) is 21.9 Å². The van der Waals surface area contributed by atoms with E-state index in [4.69, 9.17) is 0 Å². The third-order valence-corrected chi connectivity index (χ3v) is 4.57. The van der Waals surface area contributed by atoms with E-state index in [9.17, 15) is 0 Å². The van der Waals surface area contributed by atoms with Gasteiger partial charge in [-0.15, -0.1) is 0 Å². The van der Waals surface area contributed by atoms with Gasteiger partial charge in [-0.2, -0.15) is 0 Å². The molecule has 0 saturated carbocycles. The van der Waals surface area contributed by atoms with E-state index in [0.29, 0.717) is 0 Å². The van der Waals surface area contributed by atoms with Crippen molar-refractivity contribution in [3.05, 3.63) is 91.0 Å². The Kier molecular flexibility index (Phi) is 2.56. The summed E-state index contributed by atoms with van der Waals surface area (Å²) in [5, 5.41) is 2.62. The average molecular weight is 293 g/mol. The summed E-state index contributed by atoms with van der Waals surface area (Å²) in [6.45, 7) is 0. The van der Waals surface area contributed by atoms with Crippen LogP contribution in [0.15, 0.2) is 91.0 Å². The molecule has 0 aliphatic carbocycles. The van der Waals surface area contributed by atoms with Crippen LogP contribution in [0, 0.1) is 0 Å². The molecule has 0 saturated heterocycles. The maximum atomic E-state index is 2.37. The summed E-state index contributed by atoms with van der Waals surface area (Å²) in [5.74, 6) is 0. The fourth-order valence-corrected chi connectivity index (χ4v) is 3.61. The van der Waals surface area contributed by atoms with Crippen LogP contribution in [0.3, 0.4) is 0 Å². The summed E-state index contributed by atoms with van der Waals surface area (Å²) in [5.41, 5.74) is 6.30. The zero-order valence-corrected chi connectivity index (χ0v) is 12.6. The second-order valence-electron chi connectivity index (χ2n) is 5.87. The van der Waals surface area contributed by atoms with E-state index in [2.05, 4.69) is 95.9 Å². The average Bonchev–Trinajstić information content (AvgIpc) is 2.63. The van der Waals surface area contributed by atoms with E-state index in [1.54, 1.807) is 0 Å². The van der Waals surface area contributed by atoms with E-state index in [1.165, 1.54) is 39.0 Å². The Labute approximate surface area is 135 Å². The Morgan fingerprint density at radius 3 is 2.00 bits per heavy atom. The second-order valence-corrected chi connectivity index (χ2v) is 5.87. The third kappa shape index (κ3) is 1.74. The highest BCUT2D eigenvalue weighted by Crippen LogP contribution is 2.50. The Balaban J connectivity index is 1.95. The molecule has 4 aromatic rings. The molecule has 5 rings (SSSR count). The first kappa shape index (κ1) is 12.5. The number of hydrogen-bond acceptors (Lipinski definition) is 1. The van der Waals surface area contributed by atoms with Crippen molar-refractivity contribution in [1.29, 1.82) is 0 Å². The highest BCUT2D eigenvalue weighted by molar-refractivity contribution is 6.13. The van der Waals surface area contributed by atoms with E-state index in [-0.39, 0.29) is 0 Å². The SMILES string of the molecule is c1ccc(N2c3ccccc3-c3cccc4cccc2c34)cc1. The maximum Gasteiger partial charge on any atom is 0.0546 e. The predicted octanol–water partition coefficient (Wildman–Crippen LogP) is 6.29. The van der Waals surface area contributed by atoms with Crippen LogP contribution in [0.2, 0.25) is 0 Å². The number of para-hydroxylation sites is 2. The summed E-state index contributed by atoms with van der Waals surface area (Å²) in [6.07, 6.45) is 0. The summed E-state index contributed by atoms with van der Waals surface area (Å²) in [7, 11) is 0. The predicted molar refractivity (Wildman–Crippen MR) is 97.6 cm³/mol. The minimum absolute atomic E-state index is 1.20. The lowest BCUT2D eigenvalue weighted by Gasteiger charge is -2.33. The largest absolute Gasteiger partial charge is 0.309 e. The van der Waals surface area contributed by atoms with Crippen molar-refractivity contribution >= 4 is 27.8 Å². The first-order valence-corrected chi connectivity index (χ1v) is 7.90. The molecule has 4 aromatic carbocycles. The Bertz CT molecular complexity index is 1010. The van der Waals surface area contributed by atoms with Crippen molar-refractivity contribution in [2.45, 2.75) is 0 Å². The van der Waals surface area contributed by atoms with E-state index in [0.717, 1.165) is 0 Å².